The minimum atomic E-state index is -1.06. The van der Waals surface area contributed by atoms with Gasteiger partial charge in [-0.25, -0.2) is 4.79 Å². The number of ether oxygens (including phenoxy) is 1. The Hall–Kier alpha value is -3.39. The third kappa shape index (κ3) is 6.05. The number of nitrogens with one attached hydrogen (secondary N) is 2. The summed E-state index contributed by atoms with van der Waals surface area (Å²) in [6, 6.07) is 18.5. The first-order chi connectivity index (χ1) is 14.9. The Morgan fingerprint density at radius 1 is 1.10 bits per heavy atom. The summed E-state index contributed by atoms with van der Waals surface area (Å²) in [5, 5.41) is 3.48. The van der Waals surface area contributed by atoms with Crippen molar-refractivity contribution in [1.82, 2.24) is 20.7 Å². The number of para-hydroxylation sites is 1. The molecule has 2 aromatic carbocycles. The molecule has 8 heteroatoms. The molecule has 1 aliphatic rings. The Bertz CT molecular complexity index is 906. The van der Waals surface area contributed by atoms with Gasteiger partial charge < -0.3 is 10.1 Å². The fraction of sp³-hybridized carbons (Fsp3) is 0.348. The predicted octanol–water partition coefficient (Wildman–Crippen LogP) is 1.97. The van der Waals surface area contributed by atoms with Gasteiger partial charge in [0.15, 0.2) is 0 Å². The van der Waals surface area contributed by atoms with E-state index in [1.807, 2.05) is 60.7 Å². The molecule has 2 N–H and O–H groups in total. The Morgan fingerprint density at radius 3 is 2.42 bits per heavy atom. The van der Waals surface area contributed by atoms with Crippen LogP contribution in [0.5, 0.6) is 5.75 Å². The number of likely N-dealkylation sites (N-methyl/N-ethyl adjacent to an activating group) is 1. The van der Waals surface area contributed by atoms with Crippen LogP contribution in [0.4, 0.5) is 4.79 Å². The van der Waals surface area contributed by atoms with E-state index in [2.05, 4.69) is 10.7 Å². The highest BCUT2D eigenvalue weighted by molar-refractivity contribution is 6.07. The molecule has 3 rings (SSSR count). The van der Waals surface area contributed by atoms with Crippen LogP contribution in [-0.4, -0.2) is 60.0 Å². The van der Waals surface area contributed by atoms with Gasteiger partial charge in [0, 0.05) is 6.54 Å². The Labute approximate surface area is 182 Å². The highest BCUT2D eigenvalue weighted by Gasteiger charge is 2.48. The number of hydrazine groups is 1. The van der Waals surface area contributed by atoms with Crippen molar-refractivity contribution < 1.29 is 19.1 Å². The van der Waals surface area contributed by atoms with Gasteiger partial charge in [-0.3, -0.25) is 19.9 Å². The van der Waals surface area contributed by atoms with Crippen LogP contribution in [0.15, 0.2) is 60.7 Å². The zero-order chi connectivity index (χ0) is 22.3. The number of benzene rings is 2. The molecule has 164 valence electrons. The Kier molecular flexibility index (Phi) is 7.25. The van der Waals surface area contributed by atoms with Crippen LogP contribution in [0.1, 0.15) is 18.9 Å². The van der Waals surface area contributed by atoms with Crippen molar-refractivity contribution in [3.63, 3.8) is 0 Å². The van der Waals surface area contributed by atoms with Gasteiger partial charge in [-0.2, -0.15) is 5.01 Å². The van der Waals surface area contributed by atoms with Crippen molar-refractivity contribution >= 4 is 17.8 Å². The number of hydrogen-bond donors (Lipinski definition) is 2. The molecule has 0 spiro atoms. The van der Waals surface area contributed by atoms with Gasteiger partial charge in [-0.1, -0.05) is 48.5 Å². The molecular weight excluding hydrogens is 396 g/mol. The Balaban J connectivity index is 1.45. The first kappa shape index (κ1) is 22.3. The molecule has 4 amide bonds. The third-order valence-corrected chi connectivity index (χ3v) is 5.15. The average molecular weight is 425 g/mol. The first-order valence-corrected chi connectivity index (χ1v) is 10.2. The highest BCUT2D eigenvalue weighted by Crippen LogP contribution is 2.22. The molecule has 1 unspecified atom stereocenters. The van der Waals surface area contributed by atoms with Crippen molar-refractivity contribution in [3.05, 3.63) is 66.2 Å². The lowest BCUT2D eigenvalue weighted by Crippen LogP contribution is -2.51. The number of imide groups is 1. The van der Waals surface area contributed by atoms with E-state index >= 15 is 0 Å². The molecule has 8 nitrogen and oxygen atoms in total. The zero-order valence-corrected chi connectivity index (χ0v) is 17.8. The van der Waals surface area contributed by atoms with Crippen molar-refractivity contribution in [3.8, 4) is 5.75 Å². The number of carbonyl (C=O) groups excluding carboxylic acids is 3. The van der Waals surface area contributed by atoms with Crippen LogP contribution in [0, 0.1) is 0 Å². The molecule has 2 aromatic rings. The number of aryl methyl sites for hydroxylation is 1. The van der Waals surface area contributed by atoms with Crippen LogP contribution in [0.2, 0.25) is 0 Å². The quantitative estimate of drug-likeness (QED) is 0.569. The topological polar surface area (TPSA) is 91.0 Å². The summed E-state index contributed by atoms with van der Waals surface area (Å²) in [7, 11) is 1.77. The predicted molar refractivity (Wildman–Crippen MR) is 116 cm³/mol. The van der Waals surface area contributed by atoms with E-state index in [9.17, 15) is 14.4 Å². The summed E-state index contributed by atoms with van der Waals surface area (Å²) in [6.45, 7) is 2.62. The fourth-order valence-corrected chi connectivity index (χ4v) is 3.31. The molecule has 1 fully saturated rings. The van der Waals surface area contributed by atoms with Gasteiger partial charge in [-0.05, 0) is 44.5 Å². The van der Waals surface area contributed by atoms with Gasteiger partial charge in [0.25, 0.3) is 11.8 Å². The molecule has 1 aliphatic heterocycles. The molecule has 1 saturated heterocycles. The summed E-state index contributed by atoms with van der Waals surface area (Å²) >= 11 is 0. The molecular formula is C23H28N4O4. The standard InChI is InChI=1S/C23H28N4O4/c1-23(14-13-18-9-5-3-6-10-18)21(29)27(22(30)24-23)25-20(28)17-26(2)15-16-31-19-11-7-4-8-12-19/h3-12H,13-17H2,1-2H3,(H,24,30)(H,25,28). The number of urea groups is 1. The average Bonchev–Trinajstić information content (AvgIpc) is 2.97. The van der Waals surface area contributed by atoms with E-state index in [1.54, 1.807) is 18.9 Å². The summed E-state index contributed by atoms with van der Waals surface area (Å²) in [5.41, 5.74) is 2.44. The molecule has 1 heterocycles. The largest absolute Gasteiger partial charge is 0.492 e. The molecule has 1 atom stereocenters. The minimum Gasteiger partial charge on any atom is -0.492 e. The SMILES string of the molecule is CN(CCOc1ccccc1)CC(=O)NN1C(=O)NC(C)(CCc2ccccc2)C1=O. The van der Waals surface area contributed by atoms with Crippen LogP contribution in [-0.2, 0) is 16.0 Å². The molecule has 0 aliphatic carbocycles. The lowest BCUT2D eigenvalue weighted by Gasteiger charge is -2.22. The van der Waals surface area contributed by atoms with E-state index in [1.165, 1.54) is 0 Å². The van der Waals surface area contributed by atoms with Gasteiger partial charge in [0.05, 0.1) is 6.54 Å². The van der Waals surface area contributed by atoms with Gasteiger partial charge in [0.2, 0.25) is 0 Å². The van der Waals surface area contributed by atoms with Gasteiger partial charge in [-0.15, -0.1) is 0 Å². The summed E-state index contributed by atoms with van der Waals surface area (Å²) in [4.78, 5) is 39.2. The van der Waals surface area contributed by atoms with Crippen molar-refractivity contribution in [2.75, 3.05) is 26.7 Å². The van der Waals surface area contributed by atoms with E-state index in [0.717, 1.165) is 16.3 Å². The molecule has 0 saturated carbocycles. The smallest absolute Gasteiger partial charge is 0.344 e. The van der Waals surface area contributed by atoms with Crippen molar-refractivity contribution in [2.45, 2.75) is 25.3 Å². The van der Waals surface area contributed by atoms with Crippen molar-refractivity contribution in [2.24, 2.45) is 0 Å². The van der Waals surface area contributed by atoms with E-state index in [4.69, 9.17) is 4.74 Å². The molecule has 0 bridgehead atoms. The number of carbonyl (C=O) groups is 3. The summed E-state index contributed by atoms with van der Waals surface area (Å²) < 4.78 is 5.61. The second-order valence-corrected chi connectivity index (χ2v) is 7.82. The van der Waals surface area contributed by atoms with Gasteiger partial charge in [0.1, 0.15) is 17.9 Å². The summed E-state index contributed by atoms with van der Waals surface area (Å²) in [6.07, 6.45) is 1.07. The third-order valence-electron chi connectivity index (χ3n) is 5.15. The van der Waals surface area contributed by atoms with E-state index in [0.29, 0.717) is 26.0 Å². The normalized spacial score (nSPS) is 18.2. The Morgan fingerprint density at radius 2 is 1.74 bits per heavy atom. The number of hydrogen-bond acceptors (Lipinski definition) is 5. The number of amides is 4. The zero-order valence-electron chi connectivity index (χ0n) is 17.8. The highest BCUT2D eigenvalue weighted by atomic mass is 16.5. The lowest BCUT2D eigenvalue weighted by molar-refractivity contribution is -0.139. The molecule has 0 radical (unpaired) electrons. The number of nitrogens with zero attached hydrogens (tertiary/aromatic N) is 2. The van der Waals surface area contributed by atoms with Crippen LogP contribution in [0.25, 0.3) is 0 Å². The maximum Gasteiger partial charge on any atom is 0.344 e. The second kappa shape index (κ2) is 10.1. The second-order valence-electron chi connectivity index (χ2n) is 7.82. The van der Waals surface area contributed by atoms with E-state index in [-0.39, 0.29) is 6.54 Å². The maximum atomic E-state index is 12.8. The number of rotatable bonds is 10. The van der Waals surface area contributed by atoms with Crippen LogP contribution >= 0.6 is 0 Å². The van der Waals surface area contributed by atoms with Gasteiger partial charge >= 0.3 is 6.03 Å². The molecule has 0 aromatic heterocycles. The van der Waals surface area contributed by atoms with Crippen LogP contribution in [0.3, 0.4) is 0 Å². The van der Waals surface area contributed by atoms with Crippen molar-refractivity contribution in [1.29, 1.82) is 0 Å². The minimum absolute atomic E-state index is 0.0237. The van der Waals surface area contributed by atoms with Crippen LogP contribution < -0.4 is 15.5 Å². The fourth-order valence-electron chi connectivity index (χ4n) is 3.31. The maximum absolute atomic E-state index is 12.8. The summed E-state index contributed by atoms with van der Waals surface area (Å²) in [5.74, 6) is -0.149. The monoisotopic (exact) mass is 424 g/mol. The lowest BCUT2D eigenvalue weighted by atomic mass is 9.93. The molecule has 31 heavy (non-hydrogen) atoms. The van der Waals surface area contributed by atoms with E-state index < -0.39 is 23.4 Å². The first-order valence-electron chi connectivity index (χ1n) is 10.2.